The van der Waals surface area contributed by atoms with E-state index in [0.29, 0.717) is 5.56 Å². The van der Waals surface area contributed by atoms with Gasteiger partial charge in [-0.3, -0.25) is 0 Å². The van der Waals surface area contributed by atoms with Crippen LogP contribution in [0.5, 0.6) is 0 Å². The molecule has 0 saturated carbocycles. The summed E-state index contributed by atoms with van der Waals surface area (Å²) >= 11 is 0. The van der Waals surface area contributed by atoms with E-state index in [1.165, 1.54) is 0 Å². The van der Waals surface area contributed by atoms with E-state index >= 15 is 0 Å². The minimum Gasteiger partial charge on any atom is -0.565 e. The van der Waals surface area contributed by atoms with E-state index in [0.717, 1.165) is 0 Å². The minimum absolute atomic E-state index is 0. The molecule has 0 aliphatic heterocycles. The number of carbonyl (C=O) groups is 2. The molecule has 0 aliphatic carbocycles. The van der Waals surface area contributed by atoms with Crippen LogP contribution in [0.3, 0.4) is 0 Å². The van der Waals surface area contributed by atoms with Crippen LogP contribution in [0.1, 0.15) is 10.4 Å². The maximum Gasteiger partial charge on any atom is 1.00 e. The quantitative estimate of drug-likeness (QED) is 0.486. The van der Waals surface area contributed by atoms with E-state index in [9.17, 15) is 4.79 Å². The van der Waals surface area contributed by atoms with Gasteiger partial charge in [-0.25, -0.2) is 4.79 Å². The third kappa shape index (κ3) is 9.05. The fraction of sp³-hybridized carbons (Fsp3) is 0. The van der Waals surface area contributed by atoms with Crippen LogP contribution in [0.25, 0.3) is 0 Å². The summed E-state index contributed by atoms with van der Waals surface area (Å²) in [4.78, 5) is 18.6. The standard InChI is InChI=1S/C7H6O2.CH2O3.Na/c8-7(9)6-4-2-1-3-5-6;2-1(3)4;/h1-5H,(H,8,9);(H2,2,3,4);/q;;+1/p-1. The number of aromatic carboxylic acids is 1. The fourth-order valence-corrected chi connectivity index (χ4v) is 0.581. The summed E-state index contributed by atoms with van der Waals surface area (Å²) in [7, 11) is 0. The Morgan fingerprint density at radius 1 is 1.07 bits per heavy atom. The van der Waals surface area contributed by atoms with Crippen LogP contribution in [0.4, 0.5) is 4.79 Å². The van der Waals surface area contributed by atoms with Crippen LogP contribution >= 0.6 is 0 Å². The second-order valence-corrected chi connectivity index (χ2v) is 1.94. The Kier molecular flexibility index (Phi) is 9.43. The Hall–Kier alpha value is -1.04. The Morgan fingerprint density at radius 3 is 1.64 bits per heavy atom. The molecule has 0 bridgehead atoms. The molecule has 5 nitrogen and oxygen atoms in total. The predicted octanol–water partition coefficient (Wildman–Crippen LogP) is -2.72. The molecule has 0 fully saturated rings. The van der Waals surface area contributed by atoms with Gasteiger partial charge in [0.25, 0.3) is 0 Å². The first-order valence-electron chi connectivity index (χ1n) is 3.22. The van der Waals surface area contributed by atoms with Gasteiger partial charge in [-0.1, -0.05) is 18.2 Å². The average molecular weight is 206 g/mol. The summed E-state index contributed by atoms with van der Waals surface area (Å²) in [5.41, 5.74) is 0.331. The van der Waals surface area contributed by atoms with Crippen molar-refractivity contribution < 1.29 is 54.5 Å². The Labute approximate surface area is 102 Å². The van der Waals surface area contributed by atoms with Gasteiger partial charge in [-0.05, 0) is 12.1 Å². The van der Waals surface area contributed by atoms with Crippen molar-refractivity contribution in [2.75, 3.05) is 0 Å². The maximum atomic E-state index is 10.2. The Bertz CT molecular complexity index is 281. The number of hydrogen-bond acceptors (Lipinski definition) is 3. The summed E-state index contributed by atoms with van der Waals surface area (Å²) < 4.78 is 0. The van der Waals surface area contributed by atoms with Crippen molar-refractivity contribution in [3.63, 3.8) is 0 Å². The normalized spacial score (nSPS) is 7.43. The maximum absolute atomic E-state index is 10.2. The zero-order valence-corrected chi connectivity index (χ0v) is 9.51. The molecule has 0 aliphatic rings. The van der Waals surface area contributed by atoms with Crippen molar-refractivity contribution in [1.82, 2.24) is 0 Å². The molecule has 0 spiro atoms. The number of carboxylic acid groups (broad SMARTS) is 3. The molecule has 0 saturated heterocycles. The summed E-state index contributed by atoms with van der Waals surface area (Å²) in [6.45, 7) is 0. The number of hydrogen-bond donors (Lipinski definition) is 2. The van der Waals surface area contributed by atoms with Crippen LogP contribution < -0.4 is 34.7 Å². The van der Waals surface area contributed by atoms with Gasteiger partial charge in [-0.15, -0.1) is 0 Å². The molecule has 0 radical (unpaired) electrons. The monoisotopic (exact) mass is 206 g/mol. The van der Waals surface area contributed by atoms with Gasteiger partial charge >= 0.3 is 35.5 Å². The molecule has 1 rings (SSSR count). The molecule has 0 aromatic heterocycles. The van der Waals surface area contributed by atoms with Crippen molar-refractivity contribution in [1.29, 1.82) is 0 Å². The molecule has 6 heteroatoms. The van der Waals surface area contributed by atoms with Crippen LogP contribution in [0.2, 0.25) is 0 Å². The third-order valence-electron chi connectivity index (χ3n) is 1.02. The van der Waals surface area contributed by atoms with E-state index in [-0.39, 0.29) is 29.6 Å². The zero-order valence-electron chi connectivity index (χ0n) is 7.51. The average Bonchev–Trinajstić information content (AvgIpc) is 2.05. The molecule has 0 amide bonds. The van der Waals surface area contributed by atoms with Crippen molar-refractivity contribution in [3.8, 4) is 0 Å². The predicted molar refractivity (Wildman–Crippen MR) is 41.4 cm³/mol. The van der Waals surface area contributed by atoms with Gasteiger partial charge in [0.05, 0.1) is 5.56 Å². The van der Waals surface area contributed by atoms with Gasteiger partial charge in [0.1, 0.15) is 0 Å². The molecule has 70 valence electrons. The number of carboxylic acids is 1. The second kappa shape index (κ2) is 8.55. The Balaban J connectivity index is 0. The zero-order chi connectivity index (χ0) is 10.3. The van der Waals surface area contributed by atoms with Gasteiger partial charge in [0, 0.05) is 0 Å². The topological polar surface area (TPSA) is 97.7 Å². The van der Waals surface area contributed by atoms with Crippen LogP contribution in [-0.2, 0) is 0 Å². The van der Waals surface area contributed by atoms with E-state index in [4.69, 9.17) is 20.1 Å². The molecule has 0 atom stereocenters. The molecule has 1 aromatic carbocycles. The van der Waals surface area contributed by atoms with Crippen molar-refractivity contribution in [2.45, 2.75) is 0 Å². The fourth-order valence-electron chi connectivity index (χ4n) is 0.581. The molecule has 0 heterocycles. The smallest absolute Gasteiger partial charge is 0.565 e. The summed E-state index contributed by atoms with van der Waals surface area (Å²) in [5, 5.41) is 23.7. The molecule has 1 aromatic rings. The summed E-state index contributed by atoms with van der Waals surface area (Å²) in [6.07, 6.45) is -2.08. The molecule has 0 unspecified atom stereocenters. The van der Waals surface area contributed by atoms with Gasteiger partial charge < -0.3 is 20.1 Å². The van der Waals surface area contributed by atoms with Crippen LogP contribution in [0.15, 0.2) is 30.3 Å². The number of rotatable bonds is 1. The molecular formula is C8H7NaO5. The van der Waals surface area contributed by atoms with E-state index < -0.39 is 12.1 Å². The van der Waals surface area contributed by atoms with Crippen LogP contribution in [0, 0.1) is 0 Å². The van der Waals surface area contributed by atoms with E-state index in [1.54, 1.807) is 30.3 Å². The number of benzene rings is 1. The van der Waals surface area contributed by atoms with Gasteiger partial charge in [0.2, 0.25) is 6.16 Å². The molecular weight excluding hydrogens is 199 g/mol. The minimum atomic E-state index is -2.08. The van der Waals surface area contributed by atoms with E-state index in [2.05, 4.69) is 0 Å². The summed E-state index contributed by atoms with van der Waals surface area (Å²) in [5.74, 6) is -0.879. The Morgan fingerprint density at radius 2 is 1.43 bits per heavy atom. The first-order chi connectivity index (χ1) is 6.04. The van der Waals surface area contributed by atoms with Crippen molar-refractivity contribution in [3.05, 3.63) is 35.9 Å². The summed E-state index contributed by atoms with van der Waals surface area (Å²) in [6, 6.07) is 8.30. The molecule has 2 N–H and O–H groups in total. The van der Waals surface area contributed by atoms with Crippen molar-refractivity contribution >= 4 is 12.1 Å². The first-order valence-corrected chi connectivity index (χ1v) is 3.22. The largest absolute Gasteiger partial charge is 1.00 e. The van der Waals surface area contributed by atoms with Crippen LogP contribution in [-0.4, -0.2) is 22.3 Å². The first kappa shape index (κ1) is 15.4. The second-order valence-electron chi connectivity index (χ2n) is 1.94. The SMILES string of the molecule is O=C(O)c1ccccc1.O=C([O-])O.[Na+]. The van der Waals surface area contributed by atoms with Gasteiger partial charge in [0.15, 0.2) is 0 Å². The van der Waals surface area contributed by atoms with Gasteiger partial charge in [-0.2, -0.15) is 0 Å². The van der Waals surface area contributed by atoms with Crippen molar-refractivity contribution in [2.24, 2.45) is 0 Å². The molecule has 14 heavy (non-hydrogen) atoms. The van der Waals surface area contributed by atoms with E-state index in [1.807, 2.05) is 0 Å². The third-order valence-corrected chi connectivity index (χ3v) is 1.02.